The molecule has 1 heterocycles. The molecule has 12 aromatic rings. The van der Waals surface area contributed by atoms with Gasteiger partial charge in [0.05, 0.1) is 6.04 Å². The third-order valence-electron chi connectivity index (χ3n) is 14.5. The smallest absolute Gasteiger partial charge is 0.0559 e. The van der Waals surface area contributed by atoms with Crippen LogP contribution in [0.3, 0.4) is 0 Å². The predicted molar refractivity (Wildman–Crippen MR) is 327 cm³/mol. The quantitative estimate of drug-likeness (QED) is 0.159. The highest BCUT2D eigenvalue weighted by molar-refractivity contribution is 5.80. The maximum Gasteiger partial charge on any atom is 0.0559 e. The zero-order valence-corrected chi connectivity index (χ0v) is 43.1. The molecule has 1 aliphatic rings. The Hall–Kier alpha value is -10.3. The number of para-hydroxylation sites is 5. The fourth-order valence-corrected chi connectivity index (χ4v) is 11.1. The van der Waals surface area contributed by atoms with Crippen molar-refractivity contribution in [3.05, 3.63) is 322 Å². The highest BCUT2D eigenvalue weighted by Gasteiger charge is 2.13. The molecule has 0 aliphatic heterocycles. The summed E-state index contributed by atoms with van der Waals surface area (Å²) in [6.45, 7) is 0. The molecule has 13 rings (SSSR count). The molecule has 1 atom stereocenters. The summed E-state index contributed by atoms with van der Waals surface area (Å²) in [5.74, 6) is 0. The van der Waals surface area contributed by atoms with Crippen molar-refractivity contribution < 1.29 is 0 Å². The number of aromatic nitrogens is 6. The van der Waals surface area contributed by atoms with Crippen LogP contribution in [0.5, 0.6) is 0 Å². The first-order valence-electron chi connectivity index (χ1n) is 26.7. The normalized spacial score (nSPS) is 12.8. The van der Waals surface area contributed by atoms with E-state index in [1.807, 2.05) is 0 Å². The Morgan fingerprint density at radius 1 is 0.218 bits per heavy atom. The summed E-state index contributed by atoms with van der Waals surface area (Å²) in [6, 6.07) is 107. The average molecular weight is 1010 g/mol. The highest BCUT2D eigenvalue weighted by Crippen LogP contribution is 2.30. The molecule has 0 radical (unpaired) electrons. The molecule has 1 aromatic heterocycles. The van der Waals surface area contributed by atoms with Gasteiger partial charge in [0.2, 0.25) is 0 Å². The Kier molecular flexibility index (Phi) is 13.1. The van der Waals surface area contributed by atoms with Crippen molar-refractivity contribution in [2.75, 3.05) is 0 Å². The van der Waals surface area contributed by atoms with Crippen LogP contribution in [0.25, 0.3) is 94.6 Å². The summed E-state index contributed by atoms with van der Waals surface area (Å²) >= 11 is 0. The Morgan fingerprint density at radius 2 is 0.436 bits per heavy atom. The summed E-state index contributed by atoms with van der Waals surface area (Å²) in [4.78, 5) is 0. The SMILES string of the molecule is C1=CCC(n2c3cccc(c3)n(-c3ccccc3)c3cccc(c3)n(-c3ccccc3)c3cccc(c3)n(-c3ccccc3)c3cccc(c3)n(-c3ccccc3)c3cccc(c3)n(-c3ccccc3)c3cccc2c3)C=C1. The van der Waals surface area contributed by atoms with Crippen LogP contribution in [-0.2, 0) is 0 Å². The van der Waals surface area contributed by atoms with Gasteiger partial charge in [0, 0.05) is 94.6 Å². The van der Waals surface area contributed by atoms with Gasteiger partial charge in [-0.25, -0.2) is 0 Å². The Bertz CT molecular complexity index is 4250. The summed E-state index contributed by atoms with van der Waals surface area (Å²) in [7, 11) is 0. The Morgan fingerprint density at radius 3 is 0.654 bits per heavy atom. The van der Waals surface area contributed by atoms with Crippen LogP contribution in [0, 0.1) is 0 Å². The fraction of sp³-hybridized carbons (Fsp3) is 0.0278. The molecule has 1 unspecified atom stereocenters. The Balaban J connectivity index is 1.26. The molecule has 11 aromatic carbocycles. The van der Waals surface area contributed by atoms with Crippen LogP contribution in [-0.4, -0.2) is 27.4 Å². The molecular formula is C72H56N6. The number of nitrogens with zero attached hydrogens (tertiary/aromatic N) is 6. The second-order valence-electron chi connectivity index (χ2n) is 19.5. The number of rotatable bonds is 6. The lowest BCUT2D eigenvalue weighted by molar-refractivity contribution is 0.643. The molecule has 1 aliphatic carbocycles. The van der Waals surface area contributed by atoms with E-state index < -0.39 is 0 Å². The molecule has 0 amide bonds. The number of hydrogen-bond acceptors (Lipinski definition) is 0. The van der Waals surface area contributed by atoms with Gasteiger partial charge in [-0.2, -0.15) is 0 Å². The summed E-state index contributed by atoms with van der Waals surface area (Å²) < 4.78 is 14.3. The van der Waals surface area contributed by atoms with E-state index in [1.165, 1.54) is 0 Å². The minimum absolute atomic E-state index is 0.0595. The zero-order chi connectivity index (χ0) is 52.0. The van der Waals surface area contributed by atoms with Crippen LogP contribution < -0.4 is 0 Å². The molecule has 0 spiro atoms. The van der Waals surface area contributed by atoms with Gasteiger partial charge in [-0.15, -0.1) is 0 Å². The van der Waals surface area contributed by atoms with Crippen molar-refractivity contribution in [1.82, 2.24) is 27.4 Å². The zero-order valence-electron chi connectivity index (χ0n) is 43.1. The van der Waals surface area contributed by atoms with Crippen LogP contribution in [0.4, 0.5) is 0 Å². The van der Waals surface area contributed by atoms with E-state index in [4.69, 9.17) is 0 Å². The van der Waals surface area contributed by atoms with Gasteiger partial charge in [-0.05, 0) is 176 Å². The van der Waals surface area contributed by atoms with Crippen LogP contribution >= 0.6 is 0 Å². The molecule has 0 saturated heterocycles. The van der Waals surface area contributed by atoms with Crippen molar-refractivity contribution in [2.45, 2.75) is 12.5 Å². The second-order valence-corrected chi connectivity index (χ2v) is 19.5. The van der Waals surface area contributed by atoms with Gasteiger partial charge >= 0.3 is 0 Å². The fourth-order valence-electron chi connectivity index (χ4n) is 11.1. The van der Waals surface area contributed by atoms with Crippen molar-refractivity contribution in [3.8, 4) is 28.4 Å². The summed E-state index contributed by atoms with van der Waals surface area (Å²) in [6.07, 6.45) is 9.79. The maximum absolute atomic E-state index is 2.50. The summed E-state index contributed by atoms with van der Waals surface area (Å²) in [5.41, 5.74) is 17.7. The number of fused-ring (bicyclic) bond motifs is 12. The minimum Gasteiger partial charge on any atom is -0.334 e. The van der Waals surface area contributed by atoms with Crippen LogP contribution in [0.1, 0.15) is 12.5 Å². The lowest BCUT2D eigenvalue weighted by Gasteiger charge is -2.21. The van der Waals surface area contributed by atoms with Crippen molar-refractivity contribution in [1.29, 1.82) is 0 Å². The second kappa shape index (κ2) is 21.5. The van der Waals surface area contributed by atoms with E-state index in [9.17, 15) is 0 Å². The van der Waals surface area contributed by atoms with E-state index in [2.05, 4.69) is 349 Å². The van der Waals surface area contributed by atoms with E-state index in [-0.39, 0.29) is 6.04 Å². The van der Waals surface area contributed by atoms with Gasteiger partial charge in [-0.3, -0.25) is 0 Å². The van der Waals surface area contributed by atoms with Crippen molar-refractivity contribution in [2.24, 2.45) is 0 Å². The Labute approximate surface area is 453 Å². The number of benzene rings is 11. The molecule has 6 nitrogen and oxygen atoms in total. The number of hydrogen-bond donors (Lipinski definition) is 0. The van der Waals surface area contributed by atoms with Crippen LogP contribution in [0.15, 0.2) is 322 Å². The summed E-state index contributed by atoms with van der Waals surface area (Å²) in [5, 5.41) is 0. The standard InChI is InChI=1S/C72H56N6/c1-7-25-55(26-8-1)73-61-37-19-39-63(49-61)74(56-27-9-2-10-28-56)65-41-21-43-67(51-65)76(58-31-13-4-14-32-58)69-45-23-47-71(53-69)78(60-35-17-6-18-36-60)72-48-24-46-70(54-72)77(59-33-15-5-16-34-59)68-44-22-42-66(52-68)75(57-29-11-3-12-30-57)64-40-20-38-62(73)50-64/h1-35,37-54,60H,36H2. The van der Waals surface area contributed by atoms with Crippen LogP contribution in [0.2, 0.25) is 0 Å². The van der Waals surface area contributed by atoms with Gasteiger partial charge in [-0.1, -0.05) is 152 Å². The number of allylic oxidation sites excluding steroid dienone is 4. The largest absolute Gasteiger partial charge is 0.334 e. The minimum atomic E-state index is 0.0595. The molecule has 78 heavy (non-hydrogen) atoms. The lowest BCUT2D eigenvalue weighted by atomic mass is 10.1. The monoisotopic (exact) mass is 1000 g/mol. The maximum atomic E-state index is 2.50. The van der Waals surface area contributed by atoms with Crippen molar-refractivity contribution >= 4 is 66.2 Å². The predicted octanol–water partition coefficient (Wildman–Crippen LogP) is 18.5. The van der Waals surface area contributed by atoms with Gasteiger partial charge in [0.1, 0.15) is 0 Å². The molecule has 0 N–H and O–H groups in total. The molecule has 374 valence electrons. The van der Waals surface area contributed by atoms with E-state index in [0.717, 1.165) is 101 Å². The first-order valence-corrected chi connectivity index (χ1v) is 26.7. The molecule has 0 fully saturated rings. The molecule has 0 saturated carbocycles. The topological polar surface area (TPSA) is 29.6 Å². The molecule has 12 bridgehead atoms. The van der Waals surface area contributed by atoms with Gasteiger partial charge in [0.25, 0.3) is 0 Å². The van der Waals surface area contributed by atoms with E-state index in [1.54, 1.807) is 0 Å². The third-order valence-corrected chi connectivity index (χ3v) is 14.5. The molecular weight excluding hydrogens is 949 g/mol. The molecule has 6 heteroatoms. The average Bonchev–Trinajstić information content (AvgIpc) is 3.51. The third kappa shape index (κ3) is 9.55. The van der Waals surface area contributed by atoms with Crippen molar-refractivity contribution in [3.63, 3.8) is 0 Å². The van der Waals surface area contributed by atoms with Gasteiger partial charge in [0.15, 0.2) is 0 Å². The lowest BCUT2D eigenvalue weighted by Crippen LogP contribution is -2.09. The first-order chi connectivity index (χ1) is 38.7. The first kappa shape index (κ1) is 47.4. The van der Waals surface area contributed by atoms with Gasteiger partial charge < -0.3 is 27.4 Å². The van der Waals surface area contributed by atoms with E-state index in [0.29, 0.717) is 0 Å². The highest BCUT2D eigenvalue weighted by atomic mass is 15.0. The van der Waals surface area contributed by atoms with E-state index >= 15 is 0 Å².